The molecule has 300 valence electrons. The summed E-state index contributed by atoms with van der Waals surface area (Å²) in [5.41, 5.74) is -0.904. The van der Waals surface area contributed by atoms with E-state index >= 15 is 4.39 Å². The van der Waals surface area contributed by atoms with Crippen LogP contribution in [0.25, 0.3) is 10.9 Å². The predicted molar refractivity (Wildman–Crippen MR) is 211 cm³/mol. The molecule has 3 atom stereocenters. The number of aliphatic hydroxyl groups is 2. The van der Waals surface area contributed by atoms with E-state index in [4.69, 9.17) is 14.2 Å². The second-order valence-electron chi connectivity index (χ2n) is 14.1. The normalized spacial score (nSPS) is 16.1. The average Bonchev–Trinajstić information content (AvgIpc) is 3.21. The Balaban J connectivity index is 1.02. The zero-order chi connectivity index (χ0) is 40.5. The van der Waals surface area contributed by atoms with E-state index in [0.29, 0.717) is 47.2 Å². The molecule has 0 unspecified atom stereocenters. The molecule has 57 heavy (non-hydrogen) atoms. The van der Waals surface area contributed by atoms with Crippen molar-refractivity contribution in [2.24, 2.45) is 0 Å². The Morgan fingerprint density at radius 3 is 2.60 bits per heavy atom. The Labute approximate surface area is 329 Å². The summed E-state index contributed by atoms with van der Waals surface area (Å²) in [6, 6.07) is 23.5. The number of likely N-dealkylation sites (N-methyl/N-ethyl adjacent to an activating group) is 1. The third kappa shape index (κ3) is 9.60. The number of phenols is 1. The number of rotatable bonds is 16. The van der Waals surface area contributed by atoms with Crippen molar-refractivity contribution < 1.29 is 43.5 Å². The third-order valence-electron chi connectivity index (χ3n) is 10.0. The van der Waals surface area contributed by atoms with Crippen molar-refractivity contribution in [1.29, 1.82) is 0 Å². The number of hydrogen-bond acceptors (Lipinski definition) is 11. The molecule has 1 aliphatic rings. The number of fused-ring (bicyclic) bond motifs is 1. The molecule has 1 aliphatic heterocycles. The first kappa shape index (κ1) is 40.9. The van der Waals surface area contributed by atoms with Gasteiger partial charge in [0, 0.05) is 48.8 Å². The number of phenolic OH excluding ortho intramolecular Hbond substituents is 1. The lowest BCUT2D eigenvalue weighted by Gasteiger charge is -2.33. The number of esters is 1. The summed E-state index contributed by atoms with van der Waals surface area (Å²) in [5.74, 6) is -1.62. The summed E-state index contributed by atoms with van der Waals surface area (Å²) < 4.78 is 32.5. The van der Waals surface area contributed by atoms with Crippen LogP contribution in [-0.4, -0.2) is 90.1 Å². The molecule has 0 spiro atoms. The first-order valence-corrected chi connectivity index (χ1v) is 18.8. The largest absolute Gasteiger partial charge is 0.506 e. The van der Waals surface area contributed by atoms with Crippen LogP contribution in [0.5, 0.6) is 17.2 Å². The van der Waals surface area contributed by atoms with E-state index in [0.717, 1.165) is 13.0 Å². The van der Waals surface area contributed by atoms with Gasteiger partial charge in [-0.3, -0.25) is 9.59 Å². The van der Waals surface area contributed by atoms with Crippen molar-refractivity contribution >= 4 is 22.8 Å². The number of piperidine rings is 1. The van der Waals surface area contributed by atoms with Crippen molar-refractivity contribution in [3.8, 4) is 17.2 Å². The number of hydrogen-bond donors (Lipinski definition) is 6. The summed E-state index contributed by atoms with van der Waals surface area (Å²) >= 11 is 0. The Morgan fingerprint density at radius 2 is 1.82 bits per heavy atom. The van der Waals surface area contributed by atoms with E-state index < -0.39 is 29.4 Å². The van der Waals surface area contributed by atoms with Crippen LogP contribution < -0.4 is 25.7 Å². The maximum absolute atomic E-state index is 15.2. The lowest BCUT2D eigenvalue weighted by atomic mass is 9.86. The Morgan fingerprint density at radius 1 is 1.04 bits per heavy atom. The second-order valence-corrected chi connectivity index (χ2v) is 14.1. The summed E-state index contributed by atoms with van der Waals surface area (Å²) in [6.07, 6.45) is 0.599. The molecule has 6 rings (SSSR count). The monoisotopic (exact) mass is 782 g/mol. The van der Waals surface area contributed by atoms with Crippen LogP contribution in [0.1, 0.15) is 58.0 Å². The zero-order valence-corrected chi connectivity index (χ0v) is 31.8. The van der Waals surface area contributed by atoms with Gasteiger partial charge in [-0.1, -0.05) is 48.5 Å². The minimum Gasteiger partial charge on any atom is -0.506 e. The fourth-order valence-corrected chi connectivity index (χ4v) is 7.00. The van der Waals surface area contributed by atoms with Gasteiger partial charge in [-0.25, -0.2) is 9.18 Å². The molecule has 1 amide bonds. The fourth-order valence-electron chi connectivity index (χ4n) is 7.00. The molecule has 13 nitrogen and oxygen atoms in total. The smallest absolute Gasteiger partial charge is 0.348 e. The Kier molecular flexibility index (Phi) is 13.2. The molecule has 1 saturated heterocycles. The Hall–Kier alpha value is -5.80. The van der Waals surface area contributed by atoms with E-state index in [1.165, 1.54) is 37.4 Å². The predicted octanol–water partition coefficient (Wildman–Crippen LogP) is 4.28. The number of nitrogens with zero attached hydrogens (tertiary/aromatic N) is 1. The number of halogens is 1. The van der Waals surface area contributed by atoms with Gasteiger partial charge in [-0.15, -0.1) is 0 Å². The lowest BCUT2D eigenvalue weighted by Crippen LogP contribution is -2.44. The van der Waals surface area contributed by atoms with Crippen LogP contribution in [0.2, 0.25) is 0 Å². The summed E-state index contributed by atoms with van der Waals surface area (Å²) in [7, 11) is 3.37. The molecule has 6 N–H and O–H groups in total. The number of aromatic hydroxyl groups is 1. The number of carbonyl (C=O) groups excluding carboxylic acids is 2. The van der Waals surface area contributed by atoms with Crippen molar-refractivity contribution in [3.63, 3.8) is 0 Å². The van der Waals surface area contributed by atoms with Crippen LogP contribution in [-0.2, 0) is 21.7 Å². The van der Waals surface area contributed by atoms with Gasteiger partial charge in [0.05, 0.1) is 30.9 Å². The van der Waals surface area contributed by atoms with Gasteiger partial charge in [-0.05, 0) is 80.4 Å². The van der Waals surface area contributed by atoms with Crippen molar-refractivity contribution in [2.75, 3.05) is 46.9 Å². The zero-order valence-electron chi connectivity index (χ0n) is 31.8. The number of benzene rings is 4. The van der Waals surface area contributed by atoms with Crippen LogP contribution in [0.15, 0.2) is 95.8 Å². The minimum atomic E-state index is -2.07. The second kappa shape index (κ2) is 18.4. The molecule has 2 heterocycles. The number of carbonyl (C=O) groups is 2. The highest BCUT2D eigenvalue weighted by atomic mass is 19.1. The molecule has 0 bridgehead atoms. The standard InChI is InChI=1S/C43H47FN4O9/c1-48-19-7-13-31(26-48)57-42(53)43(54,28-9-4-3-5-10-28)29-11-6-12-30(22-29)56-20-8-18-46-41(52)34-23-38(55-2)27(21-35(34)44)24-45-25-37(50)32-14-16-36(49)40-33(32)15-17-39(51)47-40/h3-6,9-12,14-17,21-23,31,37,45,49-50,54H,7-8,13,18-20,24-26H2,1-2H3,(H,46,52)(H,47,51)/t31-,37+,43+/m1/s1. The number of ether oxygens (including phenoxy) is 3. The van der Waals surface area contributed by atoms with Gasteiger partial charge in [0.2, 0.25) is 11.2 Å². The van der Waals surface area contributed by atoms with Gasteiger partial charge in [0.15, 0.2) is 0 Å². The first-order chi connectivity index (χ1) is 27.5. The van der Waals surface area contributed by atoms with Gasteiger partial charge < -0.3 is 50.0 Å². The van der Waals surface area contributed by atoms with Crippen molar-refractivity contribution in [2.45, 2.75) is 43.6 Å². The van der Waals surface area contributed by atoms with E-state index in [2.05, 4.69) is 20.5 Å². The van der Waals surface area contributed by atoms with Crippen molar-refractivity contribution in [1.82, 2.24) is 20.5 Å². The number of aliphatic hydroxyl groups excluding tert-OH is 1. The van der Waals surface area contributed by atoms with Crippen LogP contribution in [0.3, 0.4) is 0 Å². The van der Waals surface area contributed by atoms with Gasteiger partial charge in [-0.2, -0.15) is 0 Å². The molecule has 0 saturated carbocycles. The number of aromatic amines is 1. The lowest BCUT2D eigenvalue weighted by molar-refractivity contribution is -0.170. The third-order valence-corrected chi connectivity index (χ3v) is 10.0. The van der Waals surface area contributed by atoms with Crippen LogP contribution in [0.4, 0.5) is 4.39 Å². The molecular formula is C43H47FN4O9. The number of pyridine rings is 1. The molecule has 1 aromatic heterocycles. The molecule has 0 aliphatic carbocycles. The molecule has 0 radical (unpaired) electrons. The van der Waals surface area contributed by atoms with Gasteiger partial charge in [0.1, 0.15) is 29.2 Å². The van der Waals surface area contributed by atoms with E-state index in [-0.39, 0.29) is 66.0 Å². The number of methoxy groups -OCH3 is 1. The quantitative estimate of drug-likeness (QED) is 0.0621. The van der Waals surface area contributed by atoms with Gasteiger partial charge in [0.25, 0.3) is 5.91 Å². The highest BCUT2D eigenvalue weighted by Gasteiger charge is 2.43. The van der Waals surface area contributed by atoms with Crippen LogP contribution >= 0.6 is 0 Å². The molecular weight excluding hydrogens is 735 g/mol. The summed E-state index contributed by atoms with van der Waals surface area (Å²) in [4.78, 5) is 43.0. The first-order valence-electron chi connectivity index (χ1n) is 18.8. The van der Waals surface area contributed by atoms with Crippen molar-refractivity contribution in [3.05, 3.63) is 135 Å². The summed E-state index contributed by atoms with van der Waals surface area (Å²) in [5, 5.41) is 39.2. The number of amides is 1. The van der Waals surface area contributed by atoms with Crippen LogP contribution in [0, 0.1) is 5.82 Å². The SMILES string of the molecule is COc1cc(C(=O)NCCCOc2cccc([C@](O)(C(=O)O[C@@H]3CCCN(C)C3)c3ccccc3)c2)c(F)cc1CNC[C@H](O)c1ccc(O)c2[nH]c(=O)ccc12. The highest BCUT2D eigenvalue weighted by Crippen LogP contribution is 2.34. The minimum absolute atomic E-state index is 0.0528. The number of nitrogens with one attached hydrogen (secondary N) is 3. The molecule has 14 heteroatoms. The van der Waals surface area contributed by atoms with E-state index in [1.54, 1.807) is 60.7 Å². The molecule has 1 fully saturated rings. The number of H-pyrrole nitrogens is 1. The summed E-state index contributed by atoms with van der Waals surface area (Å²) in [6.45, 7) is 1.99. The maximum atomic E-state index is 15.2. The average molecular weight is 783 g/mol. The highest BCUT2D eigenvalue weighted by molar-refractivity contribution is 5.95. The van der Waals surface area contributed by atoms with E-state index in [9.17, 15) is 29.7 Å². The maximum Gasteiger partial charge on any atom is 0.348 e. The molecule has 4 aromatic carbocycles. The number of aromatic nitrogens is 1. The fraction of sp³-hybridized carbons (Fsp3) is 0.326. The van der Waals surface area contributed by atoms with E-state index in [1.807, 2.05) is 7.05 Å². The topological polar surface area (TPSA) is 183 Å². The molecule has 5 aromatic rings. The number of likely N-dealkylation sites (tertiary alicyclic amines) is 1. The van der Waals surface area contributed by atoms with Gasteiger partial charge >= 0.3 is 5.97 Å². The Bertz CT molecular complexity index is 2250.